The minimum atomic E-state index is 0.259. The van der Waals surface area contributed by atoms with Crippen LogP contribution in [-0.2, 0) is 4.74 Å². The van der Waals surface area contributed by atoms with E-state index in [1.54, 1.807) is 0 Å². The van der Waals surface area contributed by atoms with Gasteiger partial charge < -0.3 is 9.84 Å². The summed E-state index contributed by atoms with van der Waals surface area (Å²) in [7, 11) is 0. The summed E-state index contributed by atoms with van der Waals surface area (Å²) in [6, 6.07) is 0. The van der Waals surface area contributed by atoms with E-state index >= 15 is 0 Å². The van der Waals surface area contributed by atoms with Crippen molar-refractivity contribution in [3.05, 3.63) is 0 Å². The molecule has 1 N–H and O–H groups in total. The highest BCUT2D eigenvalue weighted by Gasteiger charge is 2.03. The Labute approximate surface area is 159 Å². The number of unbranched alkanes of at least 4 members (excludes halogenated alkanes) is 15. The first kappa shape index (κ1) is 24.9. The molecule has 0 saturated carbocycles. The third-order valence-corrected chi connectivity index (χ3v) is 5.33. The van der Waals surface area contributed by atoms with Gasteiger partial charge >= 0.3 is 0 Å². The van der Waals surface area contributed by atoms with E-state index in [-0.39, 0.29) is 6.61 Å². The Morgan fingerprint density at radius 3 is 1.36 bits per heavy atom. The SMILES string of the molecule is CCCCCCCCCCCCCCCCCCOC[C@H](CC)CO. The Hall–Kier alpha value is -0.0800. The van der Waals surface area contributed by atoms with Gasteiger partial charge in [-0.1, -0.05) is 110 Å². The highest BCUT2D eigenvalue weighted by molar-refractivity contribution is 4.53. The molecule has 0 aromatic rings. The van der Waals surface area contributed by atoms with Gasteiger partial charge in [-0.3, -0.25) is 0 Å². The molecular formula is C23H48O2. The lowest BCUT2D eigenvalue weighted by atomic mass is 10.0. The molecule has 0 spiro atoms. The molecule has 0 rings (SSSR count). The summed E-state index contributed by atoms with van der Waals surface area (Å²) in [6.45, 7) is 6.26. The van der Waals surface area contributed by atoms with Crippen LogP contribution in [0, 0.1) is 5.92 Å². The predicted molar refractivity (Wildman–Crippen MR) is 111 cm³/mol. The standard InChI is InChI=1S/C23H48O2/c1-3-5-6-7-8-9-10-11-12-13-14-15-16-17-18-19-20-25-22-23(4-2)21-24/h23-24H,3-22H2,1-2H3/t23-/m1/s1. The largest absolute Gasteiger partial charge is 0.396 e. The van der Waals surface area contributed by atoms with Crippen LogP contribution < -0.4 is 0 Å². The second-order valence-corrected chi connectivity index (χ2v) is 7.84. The van der Waals surface area contributed by atoms with Gasteiger partial charge in [-0.2, -0.15) is 0 Å². The zero-order valence-electron chi connectivity index (χ0n) is 17.6. The second-order valence-electron chi connectivity index (χ2n) is 7.84. The third kappa shape index (κ3) is 20.1. The molecule has 152 valence electrons. The first-order chi connectivity index (χ1) is 12.3. The van der Waals surface area contributed by atoms with E-state index in [0.29, 0.717) is 5.92 Å². The number of hydrogen-bond acceptors (Lipinski definition) is 2. The Bertz CT molecular complexity index is 226. The molecule has 0 unspecified atom stereocenters. The van der Waals surface area contributed by atoms with Crippen molar-refractivity contribution in [1.82, 2.24) is 0 Å². The van der Waals surface area contributed by atoms with Crippen molar-refractivity contribution in [2.75, 3.05) is 19.8 Å². The second kappa shape index (κ2) is 22.0. The van der Waals surface area contributed by atoms with Crippen LogP contribution in [-0.4, -0.2) is 24.9 Å². The van der Waals surface area contributed by atoms with Gasteiger partial charge in [0.05, 0.1) is 6.61 Å². The maximum absolute atomic E-state index is 9.09. The quantitative estimate of drug-likeness (QED) is 0.219. The number of rotatable bonds is 21. The predicted octanol–water partition coefficient (Wildman–Crippen LogP) is 7.28. The van der Waals surface area contributed by atoms with Gasteiger partial charge in [0.1, 0.15) is 0 Å². The van der Waals surface area contributed by atoms with Crippen LogP contribution in [0.1, 0.15) is 123 Å². The highest BCUT2D eigenvalue weighted by atomic mass is 16.5. The van der Waals surface area contributed by atoms with Gasteiger partial charge in [-0.05, 0) is 12.8 Å². The summed E-state index contributed by atoms with van der Waals surface area (Å²) in [5, 5.41) is 9.09. The first-order valence-electron chi connectivity index (χ1n) is 11.5. The molecule has 1 atom stereocenters. The average molecular weight is 357 g/mol. The van der Waals surface area contributed by atoms with Gasteiger partial charge in [0.25, 0.3) is 0 Å². The number of hydrogen-bond donors (Lipinski definition) is 1. The Morgan fingerprint density at radius 1 is 0.600 bits per heavy atom. The molecule has 0 radical (unpaired) electrons. The zero-order valence-corrected chi connectivity index (χ0v) is 17.6. The van der Waals surface area contributed by atoms with Crippen molar-refractivity contribution in [2.24, 2.45) is 5.92 Å². The minimum Gasteiger partial charge on any atom is -0.396 e. The van der Waals surface area contributed by atoms with E-state index in [1.807, 2.05) is 0 Å². The third-order valence-electron chi connectivity index (χ3n) is 5.33. The van der Waals surface area contributed by atoms with E-state index in [1.165, 1.54) is 103 Å². The Morgan fingerprint density at radius 2 is 1.00 bits per heavy atom. The summed E-state index contributed by atoms with van der Waals surface area (Å²) in [4.78, 5) is 0. The van der Waals surface area contributed by atoms with Crippen molar-refractivity contribution < 1.29 is 9.84 Å². The summed E-state index contributed by atoms with van der Waals surface area (Å²) >= 11 is 0. The Kier molecular flexibility index (Phi) is 21.9. The lowest BCUT2D eigenvalue weighted by Crippen LogP contribution is -2.13. The molecule has 0 aromatic heterocycles. The van der Waals surface area contributed by atoms with Crippen LogP contribution in [0.25, 0.3) is 0 Å². The minimum absolute atomic E-state index is 0.259. The molecule has 0 heterocycles. The van der Waals surface area contributed by atoms with E-state index in [2.05, 4.69) is 13.8 Å². The van der Waals surface area contributed by atoms with E-state index in [0.717, 1.165) is 19.6 Å². The van der Waals surface area contributed by atoms with Gasteiger partial charge in [0.15, 0.2) is 0 Å². The molecule has 0 aromatic carbocycles. The van der Waals surface area contributed by atoms with Crippen LogP contribution in [0.3, 0.4) is 0 Å². The van der Waals surface area contributed by atoms with Gasteiger partial charge in [-0.15, -0.1) is 0 Å². The van der Waals surface area contributed by atoms with Crippen LogP contribution in [0.5, 0.6) is 0 Å². The average Bonchev–Trinajstić information content (AvgIpc) is 2.64. The van der Waals surface area contributed by atoms with Crippen LogP contribution in [0.2, 0.25) is 0 Å². The van der Waals surface area contributed by atoms with Crippen LogP contribution in [0.4, 0.5) is 0 Å². The molecule has 0 aliphatic carbocycles. The maximum Gasteiger partial charge on any atom is 0.0516 e. The molecule has 0 bridgehead atoms. The van der Waals surface area contributed by atoms with Crippen LogP contribution >= 0.6 is 0 Å². The molecule has 0 aliphatic rings. The van der Waals surface area contributed by atoms with Crippen molar-refractivity contribution in [1.29, 1.82) is 0 Å². The van der Waals surface area contributed by atoms with Gasteiger partial charge in [0.2, 0.25) is 0 Å². The molecular weight excluding hydrogens is 308 g/mol. The van der Waals surface area contributed by atoms with E-state index < -0.39 is 0 Å². The first-order valence-corrected chi connectivity index (χ1v) is 11.5. The molecule has 0 amide bonds. The molecule has 25 heavy (non-hydrogen) atoms. The van der Waals surface area contributed by atoms with Crippen molar-refractivity contribution >= 4 is 0 Å². The van der Waals surface area contributed by atoms with Crippen LogP contribution in [0.15, 0.2) is 0 Å². The molecule has 0 fully saturated rings. The summed E-state index contributed by atoms with van der Waals surface area (Å²) < 4.78 is 5.64. The molecule has 2 heteroatoms. The Balaban J connectivity index is 3.03. The number of aliphatic hydroxyl groups is 1. The van der Waals surface area contributed by atoms with Crippen molar-refractivity contribution in [3.8, 4) is 0 Å². The van der Waals surface area contributed by atoms with E-state index in [9.17, 15) is 0 Å². The molecule has 2 nitrogen and oxygen atoms in total. The zero-order chi connectivity index (χ0) is 18.4. The molecule has 0 saturated heterocycles. The lowest BCUT2D eigenvalue weighted by molar-refractivity contribution is 0.0691. The fourth-order valence-corrected chi connectivity index (χ4v) is 3.30. The number of ether oxygens (including phenoxy) is 1. The maximum atomic E-state index is 9.09. The smallest absolute Gasteiger partial charge is 0.0516 e. The van der Waals surface area contributed by atoms with E-state index in [4.69, 9.17) is 9.84 Å². The summed E-state index contributed by atoms with van der Waals surface area (Å²) in [5.74, 6) is 0.334. The van der Waals surface area contributed by atoms with Gasteiger partial charge in [0, 0.05) is 19.1 Å². The highest BCUT2D eigenvalue weighted by Crippen LogP contribution is 2.13. The lowest BCUT2D eigenvalue weighted by Gasteiger charge is -2.11. The normalized spacial score (nSPS) is 12.6. The van der Waals surface area contributed by atoms with Gasteiger partial charge in [-0.25, -0.2) is 0 Å². The topological polar surface area (TPSA) is 29.5 Å². The fraction of sp³-hybridized carbons (Fsp3) is 1.00. The fourth-order valence-electron chi connectivity index (χ4n) is 3.30. The summed E-state index contributed by atoms with van der Waals surface area (Å²) in [5.41, 5.74) is 0. The molecule has 0 aliphatic heterocycles. The van der Waals surface area contributed by atoms with Crippen molar-refractivity contribution in [3.63, 3.8) is 0 Å². The number of aliphatic hydroxyl groups excluding tert-OH is 1. The summed E-state index contributed by atoms with van der Waals surface area (Å²) in [6.07, 6.45) is 23.5. The monoisotopic (exact) mass is 356 g/mol. The van der Waals surface area contributed by atoms with Crippen molar-refractivity contribution in [2.45, 2.75) is 123 Å².